The first-order chi connectivity index (χ1) is 7.13. The maximum atomic E-state index is 11.4. The molecule has 1 aromatic rings. The highest BCUT2D eigenvalue weighted by Gasteiger charge is 1.98. The molecule has 1 heterocycles. The van der Waals surface area contributed by atoms with Crippen molar-refractivity contribution >= 4 is 5.69 Å². The van der Waals surface area contributed by atoms with E-state index in [4.69, 9.17) is 5.73 Å². The second kappa shape index (κ2) is 5.56. The van der Waals surface area contributed by atoms with Crippen LogP contribution in [0.5, 0.6) is 0 Å². The molecule has 0 fully saturated rings. The number of nitrogens with two attached hydrogens (primary N) is 1. The summed E-state index contributed by atoms with van der Waals surface area (Å²) in [6.45, 7) is 4.88. The lowest BCUT2D eigenvalue weighted by Crippen LogP contribution is -2.23. The molecule has 0 aliphatic heterocycles. The van der Waals surface area contributed by atoms with Gasteiger partial charge in [0.15, 0.2) is 0 Å². The molecule has 0 bridgehead atoms. The van der Waals surface area contributed by atoms with Crippen LogP contribution in [0.3, 0.4) is 0 Å². The van der Waals surface area contributed by atoms with Crippen molar-refractivity contribution < 1.29 is 0 Å². The number of nitrogens with zero attached hydrogens (tertiary/aromatic N) is 2. The lowest BCUT2D eigenvalue weighted by atomic mass is 10.3. The van der Waals surface area contributed by atoms with Crippen LogP contribution in [0.25, 0.3) is 0 Å². The van der Waals surface area contributed by atoms with Crippen LogP contribution in [0.15, 0.2) is 23.1 Å². The van der Waals surface area contributed by atoms with Crippen LogP contribution in [-0.2, 0) is 6.54 Å². The zero-order valence-corrected chi connectivity index (χ0v) is 9.44. The summed E-state index contributed by atoms with van der Waals surface area (Å²) in [5.41, 5.74) is 6.27. The summed E-state index contributed by atoms with van der Waals surface area (Å²) in [4.78, 5) is 13.6. The summed E-state index contributed by atoms with van der Waals surface area (Å²) in [6.07, 6.45) is 2.67. The third-order valence-electron chi connectivity index (χ3n) is 2.49. The average Bonchev–Trinajstić information content (AvgIpc) is 2.23. The smallest absolute Gasteiger partial charge is 0.250 e. The van der Waals surface area contributed by atoms with Crippen molar-refractivity contribution in [3.63, 3.8) is 0 Å². The molecule has 0 aliphatic rings. The lowest BCUT2D eigenvalue weighted by molar-refractivity contribution is 0.337. The van der Waals surface area contributed by atoms with Gasteiger partial charge in [-0.25, -0.2) is 0 Å². The van der Waals surface area contributed by atoms with Crippen LogP contribution in [0.4, 0.5) is 5.69 Å². The molecule has 0 unspecified atom stereocenters. The topological polar surface area (TPSA) is 51.3 Å². The zero-order valence-electron chi connectivity index (χ0n) is 9.44. The van der Waals surface area contributed by atoms with E-state index in [1.54, 1.807) is 16.8 Å². The standard InChI is InChI=1S/C11H19N3O/c1-3-13(2)7-4-8-14-9-10(12)5-6-11(14)15/h5-6,9H,3-4,7-8,12H2,1-2H3. The van der Waals surface area contributed by atoms with Gasteiger partial charge in [-0.15, -0.1) is 0 Å². The van der Waals surface area contributed by atoms with Crippen molar-refractivity contribution in [2.45, 2.75) is 19.9 Å². The molecule has 1 rings (SSSR count). The van der Waals surface area contributed by atoms with E-state index in [9.17, 15) is 4.79 Å². The largest absolute Gasteiger partial charge is 0.398 e. The maximum Gasteiger partial charge on any atom is 0.250 e. The summed E-state index contributed by atoms with van der Waals surface area (Å²) in [5, 5.41) is 0. The molecule has 0 aromatic carbocycles. The van der Waals surface area contributed by atoms with Gasteiger partial charge in [-0.1, -0.05) is 6.92 Å². The Balaban J connectivity index is 2.50. The van der Waals surface area contributed by atoms with E-state index in [2.05, 4.69) is 18.9 Å². The number of anilines is 1. The fourth-order valence-electron chi connectivity index (χ4n) is 1.39. The second-order valence-electron chi connectivity index (χ2n) is 3.74. The highest BCUT2D eigenvalue weighted by atomic mass is 16.1. The van der Waals surface area contributed by atoms with Crippen molar-refractivity contribution in [1.29, 1.82) is 0 Å². The fourth-order valence-corrected chi connectivity index (χ4v) is 1.39. The van der Waals surface area contributed by atoms with Gasteiger partial charge in [0.1, 0.15) is 0 Å². The van der Waals surface area contributed by atoms with Crippen LogP contribution in [-0.4, -0.2) is 29.6 Å². The molecule has 4 nitrogen and oxygen atoms in total. The minimum atomic E-state index is 0.0170. The third-order valence-corrected chi connectivity index (χ3v) is 2.49. The van der Waals surface area contributed by atoms with Gasteiger partial charge in [0, 0.05) is 24.5 Å². The zero-order chi connectivity index (χ0) is 11.3. The van der Waals surface area contributed by atoms with E-state index >= 15 is 0 Å². The Hall–Kier alpha value is -1.29. The van der Waals surface area contributed by atoms with Crippen LogP contribution < -0.4 is 11.3 Å². The Labute approximate surface area is 90.3 Å². The molecule has 0 aliphatic carbocycles. The molecule has 2 N–H and O–H groups in total. The number of hydrogen-bond donors (Lipinski definition) is 1. The summed E-state index contributed by atoms with van der Waals surface area (Å²) >= 11 is 0. The van der Waals surface area contributed by atoms with Crippen molar-refractivity contribution in [3.8, 4) is 0 Å². The molecule has 0 spiro atoms. The molecule has 0 saturated carbocycles. The van der Waals surface area contributed by atoms with E-state index < -0.39 is 0 Å². The Morgan fingerprint density at radius 2 is 2.20 bits per heavy atom. The van der Waals surface area contributed by atoms with E-state index in [0.717, 1.165) is 26.1 Å². The summed E-state index contributed by atoms with van der Waals surface area (Å²) in [5.74, 6) is 0. The van der Waals surface area contributed by atoms with Crippen molar-refractivity contribution in [2.75, 3.05) is 25.9 Å². The van der Waals surface area contributed by atoms with Gasteiger partial charge in [-0.05, 0) is 32.6 Å². The molecule has 0 amide bonds. The normalized spacial score (nSPS) is 10.9. The van der Waals surface area contributed by atoms with Crippen molar-refractivity contribution in [2.24, 2.45) is 0 Å². The minimum Gasteiger partial charge on any atom is -0.398 e. The van der Waals surface area contributed by atoms with E-state index in [0.29, 0.717) is 5.69 Å². The average molecular weight is 209 g/mol. The first-order valence-corrected chi connectivity index (χ1v) is 5.28. The van der Waals surface area contributed by atoms with Crippen LogP contribution in [0.1, 0.15) is 13.3 Å². The summed E-state index contributed by atoms with van der Waals surface area (Å²) in [6, 6.07) is 3.15. The number of rotatable bonds is 5. The molecule has 84 valence electrons. The van der Waals surface area contributed by atoms with Gasteiger partial charge in [0.25, 0.3) is 5.56 Å². The van der Waals surface area contributed by atoms with Gasteiger partial charge < -0.3 is 15.2 Å². The molecule has 0 saturated heterocycles. The number of aromatic nitrogens is 1. The first kappa shape index (κ1) is 11.8. The molecule has 15 heavy (non-hydrogen) atoms. The minimum absolute atomic E-state index is 0.0170. The Bertz CT molecular complexity index is 359. The first-order valence-electron chi connectivity index (χ1n) is 5.28. The van der Waals surface area contributed by atoms with E-state index in [1.807, 2.05) is 0 Å². The van der Waals surface area contributed by atoms with Gasteiger partial charge in [0.2, 0.25) is 0 Å². The van der Waals surface area contributed by atoms with Crippen LogP contribution in [0, 0.1) is 0 Å². The summed E-state index contributed by atoms with van der Waals surface area (Å²) < 4.78 is 1.67. The molecule has 4 heteroatoms. The van der Waals surface area contributed by atoms with Crippen LogP contribution in [0.2, 0.25) is 0 Å². The Kier molecular flexibility index (Phi) is 4.37. The van der Waals surface area contributed by atoms with Gasteiger partial charge in [-0.3, -0.25) is 4.79 Å². The molecule has 0 atom stereocenters. The van der Waals surface area contributed by atoms with E-state index in [1.165, 1.54) is 6.07 Å². The number of hydrogen-bond acceptors (Lipinski definition) is 3. The molecular weight excluding hydrogens is 190 g/mol. The van der Waals surface area contributed by atoms with E-state index in [-0.39, 0.29) is 5.56 Å². The fraction of sp³-hybridized carbons (Fsp3) is 0.545. The SMILES string of the molecule is CCN(C)CCCn1cc(N)ccc1=O. The maximum absolute atomic E-state index is 11.4. The molecule has 0 radical (unpaired) electrons. The monoisotopic (exact) mass is 209 g/mol. The second-order valence-corrected chi connectivity index (χ2v) is 3.74. The predicted molar refractivity (Wildman–Crippen MR) is 62.9 cm³/mol. The number of pyridine rings is 1. The highest BCUT2D eigenvalue weighted by molar-refractivity contribution is 5.33. The number of nitrogen functional groups attached to an aromatic ring is 1. The van der Waals surface area contributed by atoms with Gasteiger partial charge >= 0.3 is 0 Å². The Morgan fingerprint density at radius 3 is 2.87 bits per heavy atom. The van der Waals surface area contributed by atoms with Crippen LogP contribution >= 0.6 is 0 Å². The third kappa shape index (κ3) is 3.75. The molecular formula is C11H19N3O. The number of aryl methyl sites for hydroxylation is 1. The molecule has 1 aromatic heterocycles. The Morgan fingerprint density at radius 1 is 1.47 bits per heavy atom. The van der Waals surface area contributed by atoms with Crippen molar-refractivity contribution in [1.82, 2.24) is 9.47 Å². The van der Waals surface area contributed by atoms with Gasteiger partial charge in [0.05, 0.1) is 0 Å². The summed E-state index contributed by atoms with van der Waals surface area (Å²) in [7, 11) is 2.07. The lowest BCUT2D eigenvalue weighted by Gasteiger charge is -2.13. The van der Waals surface area contributed by atoms with Crippen molar-refractivity contribution in [3.05, 3.63) is 28.7 Å². The predicted octanol–water partition coefficient (Wildman–Crippen LogP) is 0.772. The van der Waals surface area contributed by atoms with Gasteiger partial charge in [-0.2, -0.15) is 0 Å². The highest BCUT2D eigenvalue weighted by Crippen LogP contribution is 1.97. The quantitative estimate of drug-likeness (QED) is 0.779.